The second kappa shape index (κ2) is 5.11. The van der Waals surface area contributed by atoms with E-state index < -0.39 is 0 Å². The molecule has 2 rings (SSSR count). The van der Waals surface area contributed by atoms with E-state index >= 15 is 0 Å². The van der Waals surface area contributed by atoms with Crippen LogP contribution in [-0.2, 0) is 0 Å². The Labute approximate surface area is 120 Å². The molecule has 2 aromatic rings. The molecule has 0 amide bonds. The van der Waals surface area contributed by atoms with Crippen LogP contribution >= 0.6 is 23.2 Å². The van der Waals surface area contributed by atoms with Gasteiger partial charge >= 0.3 is 0 Å². The van der Waals surface area contributed by atoms with Gasteiger partial charge in [0.2, 0.25) is 5.95 Å². The lowest BCUT2D eigenvalue weighted by Gasteiger charge is -2.13. The Balaban J connectivity index is 2.66. The van der Waals surface area contributed by atoms with Gasteiger partial charge < -0.3 is 10.6 Å². The van der Waals surface area contributed by atoms with Gasteiger partial charge in [0, 0.05) is 24.7 Å². The van der Waals surface area contributed by atoms with E-state index in [-0.39, 0.29) is 16.9 Å². The zero-order valence-corrected chi connectivity index (χ0v) is 11.9. The zero-order chi connectivity index (χ0) is 14.2. The van der Waals surface area contributed by atoms with Crippen molar-refractivity contribution in [3.05, 3.63) is 38.6 Å². The van der Waals surface area contributed by atoms with E-state index in [4.69, 9.17) is 28.9 Å². The van der Waals surface area contributed by atoms with Crippen LogP contribution in [0.2, 0.25) is 10.0 Å². The number of nitrogens with two attached hydrogens (primary N) is 1. The highest BCUT2D eigenvalue weighted by atomic mass is 35.5. The van der Waals surface area contributed by atoms with Crippen molar-refractivity contribution in [2.45, 2.75) is 0 Å². The van der Waals surface area contributed by atoms with E-state index in [1.54, 1.807) is 37.2 Å². The summed E-state index contributed by atoms with van der Waals surface area (Å²) in [5, 5.41) is 0.839. The first-order valence-electron chi connectivity index (χ1n) is 5.42. The lowest BCUT2D eigenvalue weighted by Crippen LogP contribution is -2.21. The highest BCUT2D eigenvalue weighted by Gasteiger charge is 2.15. The molecular formula is C12H12Cl2N4O. The van der Waals surface area contributed by atoms with Crippen LogP contribution in [0.25, 0.3) is 11.1 Å². The van der Waals surface area contributed by atoms with Gasteiger partial charge in [-0.1, -0.05) is 29.3 Å². The number of anilines is 2. The number of nitrogens with one attached hydrogen (secondary N) is 1. The Kier molecular flexibility index (Phi) is 3.68. The Morgan fingerprint density at radius 3 is 2.53 bits per heavy atom. The molecule has 0 aliphatic heterocycles. The van der Waals surface area contributed by atoms with Crippen molar-refractivity contribution in [3.8, 4) is 11.1 Å². The number of hydrogen-bond donors (Lipinski definition) is 2. The van der Waals surface area contributed by atoms with E-state index in [0.29, 0.717) is 21.6 Å². The molecule has 0 aliphatic rings. The van der Waals surface area contributed by atoms with E-state index in [9.17, 15) is 4.79 Å². The minimum Gasteiger partial charge on any atom is -0.383 e. The van der Waals surface area contributed by atoms with Crippen molar-refractivity contribution < 1.29 is 0 Å². The molecule has 0 unspecified atom stereocenters. The summed E-state index contributed by atoms with van der Waals surface area (Å²) in [6, 6.07) is 4.83. The van der Waals surface area contributed by atoms with Crippen molar-refractivity contribution in [1.82, 2.24) is 9.97 Å². The molecule has 0 spiro atoms. The van der Waals surface area contributed by atoms with Gasteiger partial charge in [0.25, 0.3) is 5.56 Å². The molecule has 3 N–H and O–H groups in total. The number of rotatable bonds is 2. The molecule has 1 aromatic carbocycles. The lowest BCUT2D eigenvalue weighted by molar-refractivity contribution is 0.988. The van der Waals surface area contributed by atoms with Crippen LogP contribution < -0.4 is 16.2 Å². The van der Waals surface area contributed by atoms with Crippen molar-refractivity contribution >= 4 is 35.0 Å². The number of aromatic amines is 1. The summed E-state index contributed by atoms with van der Waals surface area (Å²) < 4.78 is 0. The molecule has 0 saturated heterocycles. The number of nitrogen functional groups attached to an aromatic ring is 1. The maximum atomic E-state index is 12.1. The molecular weight excluding hydrogens is 287 g/mol. The highest BCUT2D eigenvalue weighted by molar-refractivity contribution is 6.36. The third-order valence-electron chi connectivity index (χ3n) is 2.56. The molecule has 0 radical (unpaired) electrons. The van der Waals surface area contributed by atoms with Crippen LogP contribution in [0.1, 0.15) is 0 Å². The molecule has 1 aromatic heterocycles. The van der Waals surface area contributed by atoms with Crippen LogP contribution in [0.5, 0.6) is 0 Å². The SMILES string of the molecule is CN(C)c1nc(N)c(-c2ccc(Cl)cc2Cl)c(=O)[nH]1. The summed E-state index contributed by atoms with van der Waals surface area (Å²) >= 11 is 11.9. The summed E-state index contributed by atoms with van der Waals surface area (Å²) in [7, 11) is 3.51. The molecule has 1 heterocycles. The van der Waals surface area contributed by atoms with Crippen LogP contribution in [0.15, 0.2) is 23.0 Å². The van der Waals surface area contributed by atoms with E-state index in [1.807, 2.05) is 0 Å². The normalized spacial score (nSPS) is 10.5. The topological polar surface area (TPSA) is 75.0 Å². The minimum absolute atomic E-state index is 0.122. The van der Waals surface area contributed by atoms with Crippen LogP contribution in [-0.4, -0.2) is 24.1 Å². The number of halogens is 2. The van der Waals surface area contributed by atoms with Gasteiger partial charge in [0.15, 0.2) is 0 Å². The van der Waals surface area contributed by atoms with Gasteiger partial charge in [-0.3, -0.25) is 9.78 Å². The second-order valence-electron chi connectivity index (χ2n) is 4.17. The third kappa shape index (κ3) is 2.67. The van der Waals surface area contributed by atoms with Crippen molar-refractivity contribution in [2.75, 3.05) is 24.7 Å². The van der Waals surface area contributed by atoms with Gasteiger partial charge in [-0.25, -0.2) is 0 Å². The number of H-pyrrole nitrogens is 1. The van der Waals surface area contributed by atoms with Gasteiger partial charge in [0.1, 0.15) is 5.82 Å². The molecule has 19 heavy (non-hydrogen) atoms. The van der Waals surface area contributed by atoms with E-state index in [0.717, 1.165) is 0 Å². The quantitative estimate of drug-likeness (QED) is 0.893. The fraction of sp³-hybridized carbons (Fsp3) is 0.167. The molecule has 0 bridgehead atoms. The fourth-order valence-corrected chi connectivity index (χ4v) is 2.15. The first-order valence-corrected chi connectivity index (χ1v) is 6.18. The smallest absolute Gasteiger partial charge is 0.262 e. The molecule has 0 saturated carbocycles. The van der Waals surface area contributed by atoms with Crippen molar-refractivity contribution in [2.24, 2.45) is 0 Å². The Morgan fingerprint density at radius 2 is 2.00 bits per heavy atom. The number of benzene rings is 1. The summed E-state index contributed by atoms with van der Waals surface area (Å²) in [4.78, 5) is 20.5. The Bertz CT molecular complexity index is 682. The standard InChI is InChI=1S/C12H12Cl2N4O/c1-18(2)12-16-10(15)9(11(19)17-12)7-4-3-6(13)5-8(7)14/h3-5H,1-2H3,(H3,15,16,17,19). The maximum Gasteiger partial charge on any atom is 0.262 e. The first-order chi connectivity index (χ1) is 8.90. The van der Waals surface area contributed by atoms with Crippen LogP contribution in [0.3, 0.4) is 0 Å². The van der Waals surface area contributed by atoms with Crippen LogP contribution in [0, 0.1) is 0 Å². The molecule has 5 nitrogen and oxygen atoms in total. The second-order valence-corrected chi connectivity index (χ2v) is 5.01. The van der Waals surface area contributed by atoms with E-state index in [1.165, 1.54) is 0 Å². The van der Waals surface area contributed by atoms with Crippen LogP contribution in [0.4, 0.5) is 11.8 Å². The highest BCUT2D eigenvalue weighted by Crippen LogP contribution is 2.30. The number of aromatic nitrogens is 2. The molecule has 0 aliphatic carbocycles. The van der Waals surface area contributed by atoms with Gasteiger partial charge in [0.05, 0.1) is 10.6 Å². The third-order valence-corrected chi connectivity index (χ3v) is 3.11. The van der Waals surface area contributed by atoms with Crippen molar-refractivity contribution in [3.63, 3.8) is 0 Å². The Morgan fingerprint density at radius 1 is 1.32 bits per heavy atom. The summed E-state index contributed by atoms with van der Waals surface area (Å²) in [5.74, 6) is 0.507. The van der Waals surface area contributed by atoms with Gasteiger partial charge in [-0.05, 0) is 12.1 Å². The number of hydrogen-bond acceptors (Lipinski definition) is 4. The molecule has 7 heteroatoms. The average Bonchev–Trinajstić information content (AvgIpc) is 2.30. The maximum absolute atomic E-state index is 12.1. The lowest BCUT2D eigenvalue weighted by atomic mass is 10.1. The predicted molar refractivity (Wildman–Crippen MR) is 79.1 cm³/mol. The largest absolute Gasteiger partial charge is 0.383 e. The van der Waals surface area contributed by atoms with E-state index in [2.05, 4.69) is 9.97 Å². The first kappa shape index (κ1) is 13.7. The zero-order valence-electron chi connectivity index (χ0n) is 10.4. The number of nitrogens with zero attached hydrogens (tertiary/aromatic N) is 2. The summed E-state index contributed by atoms with van der Waals surface area (Å²) in [6.45, 7) is 0. The summed E-state index contributed by atoms with van der Waals surface area (Å²) in [5.41, 5.74) is 6.25. The van der Waals surface area contributed by atoms with Crippen molar-refractivity contribution in [1.29, 1.82) is 0 Å². The predicted octanol–water partition coefficient (Wildman–Crippen LogP) is 2.39. The fourth-order valence-electron chi connectivity index (χ4n) is 1.64. The van der Waals surface area contributed by atoms with Gasteiger partial charge in [-0.15, -0.1) is 0 Å². The molecule has 100 valence electrons. The average molecular weight is 299 g/mol. The summed E-state index contributed by atoms with van der Waals surface area (Å²) in [6.07, 6.45) is 0. The minimum atomic E-state index is -0.347. The molecule has 0 fully saturated rings. The monoisotopic (exact) mass is 298 g/mol. The molecule has 0 atom stereocenters. The van der Waals surface area contributed by atoms with Gasteiger partial charge in [-0.2, -0.15) is 4.98 Å². The Hall–Kier alpha value is -1.72.